The van der Waals surface area contributed by atoms with Crippen molar-refractivity contribution in [3.05, 3.63) is 0 Å². The molecule has 0 atom stereocenters. The van der Waals surface area contributed by atoms with Gasteiger partial charge >= 0.3 is 6.09 Å². The molecule has 0 bridgehead atoms. The third-order valence-corrected chi connectivity index (χ3v) is 2.46. The maximum absolute atomic E-state index is 11.6. The number of hydrogen-bond acceptors (Lipinski definition) is 3. The van der Waals surface area contributed by atoms with E-state index in [0.29, 0.717) is 26.1 Å². The summed E-state index contributed by atoms with van der Waals surface area (Å²) in [5.41, 5.74) is -0.457. The van der Waals surface area contributed by atoms with Gasteiger partial charge in [-0.25, -0.2) is 4.79 Å². The van der Waals surface area contributed by atoms with Crippen molar-refractivity contribution in [2.45, 2.75) is 39.7 Å². The molecule has 1 N–H and O–H groups in total. The number of nitrogens with one attached hydrogen (secondary N) is 1. The van der Waals surface area contributed by atoms with Crippen LogP contribution in [-0.2, 0) is 9.53 Å². The van der Waals surface area contributed by atoms with Crippen LogP contribution in [0.2, 0.25) is 0 Å². The summed E-state index contributed by atoms with van der Waals surface area (Å²) in [5.74, 6) is 0.329. The van der Waals surface area contributed by atoms with Gasteiger partial charge in [0.05, 0.1) is 0 Å². The zero-order chi connectivity index (χ0) is 13.1. The molecule has 0 aliphatic carbocycles. The Morgan fingerprint density at radius 1 is 1.35 bits per heavy atom. The minimum atomic E-state index is -0.457. The number of carbonyl (C=O) groups excluding carboxylic acids is 2. The molecule has 17 heavy (non-hydrogen) atoms. The summed E-state index contributed by atoms with van der Waals surface area (Å²) in [4.78, 5) is 24.5. The molecule has 0 spiro atoms. The summed E-state index contributed by atoms with van der Waals surface area (Å²) in [6.07, 6.45) is 0.206. The predicted molar refractivity (Wildman–Crippen MR) is 64.6 cm³/mol. The summed E-state index contributed by atoms with van der Waals surface area (Å²) in [5, 5.41) is 2.75. The Bertz CT molecular complexity index is 291. The van der Waals surface area contributed by atoms with Gasteiger partial charge in [0, 0.05) is 32.0 Å². The molecule has 0 aromatic rings. The van der Waals surface area contributed by atoms with Crippen LogP contribution in [-0.4, -0.2) is 42.1 Å². The lowest BCUT2D eigenvalue weighted by molar-refractivity contribution is -0.123. The molecular formula is C12H22N2O3. The van der Waals surface area contributed by atoms with Gasteiger partial charge in [0.25, 0.3) is 0 Å². The van der Waals surface area contributed by atoms with Crippen LogP contribution in [0.4, 0.5) is 4.79 Å². The van der Waals surface area contributed by atoms with Gasteiger partial charge in [0.2, 0.25) is 5.91 Å². The monoisotopic (exact) mass is 242 g/mol. The average Bonchev–Trinajstić information content (AvgIpc) is 2.07. The van der Waals surface area contributed by atoms with Gasteiger partial charge in [-0.3, -0.25) is 4.79 Å². The third kappa shape index (κ3) is 4.63. The van der Waals surface area contributed by atoms with Crippen LogP contribution in [0, 0.1) is 5.92 Å². The predicted octanol–water partition coefficient (Wildman–Crippen LogP) is 1.38. The van der Waals surface area contributed by atoms with E-state index in [9.17, 15) is 9.59 Å². The van der Waals surface area contributed by atoms with E-state index in [1.54, 1.807) is 4.90 Å². The molecular weight excluding hydrogens is 220 g/mol. The first-order chi connectivity index (χ1) is 7.81. The molecule has 2 amide bonds. The van der Waals surface area contributed by atoms with E-state index in [4.69, 9.17) is 4.74 Å². The second-order valence-electron chi connectivity index (χ2n) is 5.41. The van der Waals surface area contributed by atoms with E-state index in [1.807, 2.05) is 27.7 Å². The van der Waals surface area contributed by atoms with Crippen molar-refractivity contribution in [1.82, 2.24) is 10.2 Å². The van der Waals surface area contributed by atoms with Gasteiger partial charge in [0.15, 0.2) is 0 Å². The Morgan fingerprint density at radius 2 is 1.94 bits per heavy atom. The highest BCUT2D eigenvalue weighted by Crippen LogP contribution is 2.21. The Balaban J connectivity index is 2.23. The number of nitrogens with zero attached hydrogens (tertiary/aromatic N) is 1. The lowest BCUT2D eigenvalue weighted by atomic mass is 9.96. The molecule has 0 aromatic heterocycles. The maximum atomic E-state index is 11.6. The summed E-state index contributed by atoms with van der Waals surface area (Å²) in [6, 6.07) is 0. The van der Waals surface area contributed by atoms with Crippen LogP contribution >= 0.6 is 0 Å². The first kappa shape index (κ1) is 13.8. The van der Waals surface area contributed by atoms with Crippen molar-refractivity contribution in [2.75, 3.05) is 19.6 Å². The Labute approximate surface area is 102 Å². The summed E-state index contributed by atoms with van der Waals surface area (Å²) >= 11 is 0. The topological polar surface area (TPSA) is 58.6 Å². The largest absolute Gasteiger partial charge is 0.444 e. The zero-order valence-corrected chi connectivity index (χ0v) is 11.1. The number of ether oxygens (including phenoxy) is 1. The SMILES string of the molecule is CCNC(=O)CC1CN(C(=O)OC(C)(C)C)C1. The summed E-state index contributed by atoms with van der Waals surface area (Å²) in [6.45, 7) is 9.32. The highest BCUT2D eigenvalue weighted by molar-refractivity contribution is 5.77. The third-order valence-electron chi connectivity index (χ3n) is 2.46. The quantitative estimate of drug-likeness (QED) is 0.813. The molecule has 0 radical (unpaired) electrons. The minimum Gasteiger partial charge on any atom is -0.444 e. The van der Waals surface area contributed by atoms with E-state index in [-0.39, 0.29) is 17.9 Å². The molecule has 5 nitrogen and oxygen atoms in total. The van der Waals surface area contributed by atoms with Crippen molar-refractivity contribution in [1.29, 1.82) is 0 Å². The molecule has 1 fully saturated rings. The number of amides is 2. The van der Waals surface area contributed by atoms with Gasteiger partial charge < -0.3 is 15.0 Å². The van der Waals surface area contributed by atoms with Crippen LogP contribution in [0.25, 0.3) is 0 Å². The van der Waals surface area contributed by atoms with Gasteiger partial charge in [-0.2, -0.15) is 0 Å². The van der Waals surface area contributed by atoms with E-state index in [1.165, 1.54) is 0 Å². The molecule has 0 saturated carbocycles. The average molecular weight is 242 g/mol. The number of rotatable bonds is 3. The van der Waals surface area contributed by atoms with Crippen LogP contribution in [0.1, 0.15) is 34.1 Å². The van der Waals surface area contributed by atoms with E-state index < -0.39 is 5.60 Å². The minimum absolute atomic E-state index is 0.0568. The van der Waals surface area contributed by atoms with Crippen LogP contribution in [0.3, 0.4) is 0 Å². The fourth-order valence-corrected chi connectivity index (χ4v) is 1.71. The van der Waals surface area contributed by atoms with E-state index in [2.05, 4.69) is 5.32 Å². The lowest BCUT2D eigenvalue weighted by Crippen LogP contribution is -2.52. The Hall–Kier alpha value is -1.26. The molecule has 0 aromatic carbocycles. The smallest absolute Gasteiger partial charge is 0.410 e. The van der Waals surface area contributed by atoms with Crippen LogP contribution in [0.15, 0.2) is 0 Å². The second-order valence-corrected chi connectivity index (χ2v) is 5.41. The standard InChI is InChI=1S/C12H22N2O3/c1-5-13-10(15)6-9-7-14(8-9)11(16)17-12(2,3)4/h9H,5-8H2,1-4H3,(H,13,15). The second kappa shape index (κ2) is 5.38. The normalized spacial score (nSPS) is 16.4. The van der Waals surface area contributed by atoms with Crippen LogP contribution < -0.4 is 5.32 Å². The van der Waals surface area contributed by atoms with Crippen molar-refractivity contribution in [3.8, 4) is 0 Å². The van der Waals surface area contributed by atoms with Gasteiger partial charge in [0.1, 0.15) is 5.60 Å². The maximum Gasteiger partial charge on any atom is 0.410 e. The van der Waals surface area contributed by atoms with Crippen molar-refractivity contribution >= 4 is 12.0 Å². The number of likely N-dealkylation sites (tertiary alicyclic amines) is 1. The fraction of sp³-hybridized carbons (Fsp3) is 0.833. The van der Waals surface area contributed by atoms with Gasteiger partial charge in [-0.05, 0) is 27.7 Å². The fourth-order valence-electron chi connectivity index (χ4n) is 1.71. The van der Waals surface area contributed by atoms with Gasteiger partial charge in [-0.1, -0.05) is 0 Å². The molecule has 1 rings (SSSR count). The highest BCUT2D eigenvalue weighted by Gasteiger charge is 2.34. The van der Waals surface area contributed by atoms with Gasteiger partial charge in [-0.15, -0.1) is 0 Å². The molecule has 0 unspecified atom stereocenters. The van der Waals surface area contributed by atoms with E-state index in [0.717, 1.165) is 0 Å². The lowest BCUT2D eigenvalue weighted by Gasteiger charge is -2.39. The molecule has 1 heterocycles. The molecule has 98 valence electrons. The first-order valence-electron chi connectivity index (χ1n) is 6.06. The first-order valence-corrected chi connectivity index (χ1v) is 6.06. The van der Waals surface area contributed by atoms with Crippen LogP contribution in [0.5, 0.6) is 0 Å². The Kier molecular flexibility index (Phi) is 4.37. The number of hydrogen-bond donors (Lipinski definition) is 1. The zero-order valence-electron chi connectivity index (χ0n) is 11.1. The summed E-state index contributed by atoms with van der Waals surface area (Å²) < 4.78 is 5.23. The van der Waals surface area contributed by atoms with Crippen molar-refractivity contribution < 1.29 is 14.3 Å². The van der Waals surface area contributed by atoms with Crippen molar-refractivity contribution in [2.24, 2.45) is 5.92 Å². The molecule has 1 aliphatic heterocycles. The molecule has 1 aliphatic rings. The Morgan fingerprint density at radius 3 is 2.41 bits per heavy atom. The number of carbonyl (C=O) groups is 2. The summed E-state index contributed by atoms with van der Waals surface area (Å²) in [7, 11) is 0. The highest BCUT2D eigenvalue weighted by atomic mass is 16.6. The van der Waals surface area contributed by atoms with Crippen molar-refractivity contribution in [3.63, 3.8) is 0 Å². The molecule has 1 saturated heterocycles. The molecule has 5 heteroatoms. The van der Waals surface area contributed by atoms with E-state index >= 15 is 0 Å².